The van der Waals surface area contributed by atoms with E-state index in [-0.39, 0.29) is 0 Å². The van der Waals surface area contributed by atoms with Gasteiger partial charge in [0.2, 0.25) is 0 Å². The first-order valence-corrected chi connectivity index (χ1v) is 6.42. The molecule has 0 aliphatic heterocycles. The van der Waals surface area contributed by atoms with Gasteiger partial charge in [0, 0.05) is 25.4 Å². The van der Waals surface area contributed by atoms with Gasteiger partial charge in [0.1, 0.15) is 0 Å². The summed E-state index contributed by atoms with van der Waals surface area (Å²) in [6.07, 6.45) is 9.68. The van der Waals surface area contributed by atoms with Gasteiger partial charge >= 0.3 is 0 Å². The molecule has 1 heterocycles. The maximum absolute atomic E-state index is 4.17. The molecule has 0 bridgehead atoms. The molecule has 0 aromatic carbocycles. The molecule has 2 rings (SSSR count). The summed E-state index contributed by atoms with van der Waals surface area (Å²) < 4.78 is 1.86. The van der Waals surface area contributed by atoms with Crippen LogP contribution < -0.4 is 5.32 Å². The first kappa shape index (κ1) is 11.6. The van der Waals surface area contributed by atoms with Crippen molar-refractivity contribution in [3.8, 4) is 0 Å². The van der Waals surface area contributed by atoms with E-state index in [9.17, 15) is 0 Å². The molecular formula is C13H23N3. The Balaban J connectivity index is 1.67. The number of nitrogens with one attached hydrogen (secondary N) is 1. The number of hydrogen-bond donors (Lipinski definition) is 1. The normalized spacial score (nSPS) is 25.9. The highest BCUT2D eigenvalue weighted by molar-refractivity contribution is 5.02. The van der Waals surface area contributed by atoms with E-state index in [0.29, 0.717) is 0 Å². The Morgan fingerprint density at radius 2 is 2.38 bits per heavy atom. The summed E-state index contributed by atoms with van der Waals surface area (Å²) in [6, 6.07) is 0. The van der Waals surface area contributed by atoms with Crippen LogP contribution in [0.25, 0.3) is 0 Å². The van der Waals surface area contributed by atoms with Crippen LogP contribution in [0.2, 0.25) is 0 Å². The van der Waals surface area contributed by atoms with Crippen molar-refractivity contribution < 1.29 is 0 Å². The molecule has 1 aliphatic rings. The molecular weight excluding hydrogens is 198 g/mol. The zero-order chi connectivity index (χ0) is 11.4. The fourth-order valence-corrected chi connectivity index (χ4v) is 2.73. The van der Waals surface area contributed by atoms with Crippen LogP contribution >= 0.6 is 0 Å². The molecule has 1 fully saturated rings. The fraction of sp³-hybridized carbons (Fsp3) is 0.769. The Morgan fingerprint density at radius 3 is 3.06 bits per heavy atom. The number of aromatic nitrogens is 2. The van der Waals surface area contributed by atoms with E-state index in [1.165, 1.54) is 37.8 Å². The Kier molecular flexibility index (Phi) is 3.99. The maximum Gasteiger partial charge on any atom is 0.0534 e. The summed E-state index contributed by atoms with van der Waals surface area (Å²) in [5, 5.41) is 7.72. The first-order chi connectivity index (χ1) is 7.74. The SMILES string of the molecule is CC1CCCC(CNCc2cnn(C)c2)C1. The summed E-state index contributed by atoms with van der Waals surface area (Å²) in [4.78, 5) is 0. The maximum atomic E-state index is 4.17. The second kappa shape index (κ2) is 5.48. The molecule has 90 valence electrons. The van der Waals surface area contributed by atoms with E-state index in [0.717, 1.165) is 18.4 Å². The van der Waals surface area contributed by atoms with Crippen LogP contribution in [0.4, 0.5) is 0 Å². The third-order valence-corrected chi connectivity index (χ3v) is 3.57. The van der Waals surface area contributed by atoms with Gasteiger partial charge in [-0.25, -0.2) is 0 Å². The van der Waals surface area contributed by atoms with Gasteiger partial charge in [-0.1, -0.05) is 19.8 Å². The molecule has 1 aromatic rings. The Labute approximate surface area is 98.2 Å². The molecule has 3 nitrogen and oxygen atoms in total. The second-order valence-corrected chi connectivity index (χ2v) is 5.29. The number of hydrogen-bond acceptors (Lipinski definition) is 2. The number of nitrogens with zero attached hydrogens (tertiary/aromatic N) is 2. The molecule has 1 N–H and O–H groups in total. The zero-order valence-electron chi connectivity index (χ0n) is 10.4. The third-order valence-electron chi connectivity index (χ3n) is 3.57. The van der Waals surface area contributed by atoms with Crippen molar-refractivity contribution in [1.29, 1.82) is 0 Å². The predicted octanol–water partition coefficient (Wildman–Crippen LogP) is 2.34. The van der Waals surface area contributed by atoms with Crippen LogP contribution in [0, 0.1) is 11.8 Å². The molecule has 0 spiro atoms. The standard InChI is InChI=1S/C13H23N3/c1-11-4-3-5-12(6-11)7-14-8-13-9-15-16(2)10-13/h9-12,14H,3-8H2,1-2H3. The average molecular weight is 221 g/mol. The van der Waals surface area contributed by atoms with Gasteiger partial charge in [-0.3, -0.25) is 4.68 Å². The minimum atomic E-state index is 0.889. The van der Waals surface area contributed by atoms with Crippen LogP contribution in [-0.2, 0) is 13.6 Å². The lowest BCUT2D eigenvalue weighted by Crippen LogP contribution is -2.26. The predicted molar refractivity (Wildman–Crippen MR) is 66.0 cm³/mol. The molecule has 1 saturated carbocycles. The van der Waals surface area contributed by atoms with Crippen molar-refractivity contribution in [2.75, 3.05) is 6.54 Å². The highest BCUT2D eigenvalue weighted by Gasteiger charge is 2.18. The van der Waals surface area contributed by atoms with Crippen molar-refractivity contribution in [3.63, 3.8) is 0 Å². The molecule has 2 atom stereocenters. The van der Waals surface area contributed by atoms with Gasteiger partial charge in [0.15, 0.2) is 0 Å². The minimum Gasteiger partial charge on any atom is -0.312 e. The Hall–Kier alpha value is -0.830. The van der Waals surface area contributed by atoms with E-state index < -0.39 is 0 Å². The van der Waals surface area contributed by atoms with Crippen LogP contribution in [-0.4, -0.2) is 16.3 Å². The van der Waals surface area contributed by atoms with Crippen molar-refractivity contribution in [1.82, 2.24) is 15.1 Å². The van der Waals surface area contributed by atoms with E-state index in [2.05, 4.69) is 23.5 Å². The van der Waals surface area contributed by atoms with Crippen LogP contribution in [0.15, 0.2) is 12.4 Å². The molecule has 1 aliphatic carbocycles. The van der Waals surface area contributed by atoms with Crippen LogP contribution in [0.1, 0.15) is 38.2 Å². The molecule has 0 amide bonds. The van der Waals surface area contributed by atoms with Gasteiger partial charge < -0.3 is 5.32 Å². The summed E-state index contributed by atoms with van der Waals surface area (Å²) in [6.45, 7) is 4.51. The quantitative estimate of drug-likeness (QED) is 0.845. The first-order valence-electron chi connectivity index (χ1n) is 6.42. The smallest absolute Gasteiger partial charge is 0.0534 e. The van der Waals surface area contributed by atoms with Gasteiger partial charge in [-0.15, -0.1) is 0 Å². The topological polar surface area (TPSA) is 29.9 Å². The van der Waals surface area contributed by atoms with Gasteiger partial charge in [0.05, 0.1) is 6.20 Å². The van der Waals surface area contributed by atoms with Crippen molar-refractivity contribution >= 4 is 0 Å². The highest BCUT2D eigenvalue weighted by atomic mass is 15.2. The summed E-state index contributed by atoms with van der Waals surface area (Å²) in [5.41, 5.74) is 1.28. The van der Waals surface area contributed by atoms with Gasteiger partial charge in [-0.2, -0.15) is 5.10 Å². The number of rotatable bonds is 4. The lowest BCUT2D eigenvalue weighted by Gasteiger charge is -2.26. The van der Waals surface area contributed by atoms with Gasteiger partial charge in [-0.05, 0) is 31.2 Å². The third kappa shape index (κ3) is 3.34. The molecule has 16 heavy (non-hydrogen) atoms. The summed E-state index contributed by atoms with van der Waals surface area (Å²) in [7, 11) is 1.96. The van der Waals surface area contributed by atoms with E-state index in [1.807, 2.05) is 17.9 Å². The molecule has 0 saturated heterocycles. The summed E-state index contributed by atoms with van der Waals surface area (Å²) in [5.74, 6) is 1.82. The monoisotopic (exact) mass is 221 g/mol. The Morgan fingerprint density at radius 1 is 1.50 bits per heavy atom. The average Bonchev–Trinajstić information content (AvgIpc) is 2.64. The van der Waals surface area contributed by atoms with E-state index in [4.69, 9.17) is 0 Å². The fourth-order valence-electron chi connectivity index (χ4n) is 2.73. The van der Waals surface area contributed by atoms with Crippen molar-refractivity contribution in [3.05, 3.63) is 18.0 Å². The molecule has 0 radical (unpaired) electrons. The molecule has 2 unspecified atom stereocenters. The van der Waals surface area contributed by atoms with E-state index in [1.54, 1.807) is 0 Å². The van der Waals surface area contributed by atoms with Gasteiger partial charge in [0.25, 0.3) is 0 Å². The Bertz CT molecular complexity index is 319. The lowest BCUT2D eigenvalue weighted by molar-refractivity contribution is 0.274. The molecule has 1 aromatic heterocycles. The van der Waals surface area contributed by atoms with Crippen LogP contribution in [0.3, 0.4) is 0 Å². The number of aryl methyl sites for hydroxylation is 1. The van der Waals surface area contributed by atoms with Crippen molar-refractivity contribution in [2.45, 2.75) is 39.2 Å². The second-order valence-electron chi connectivity index (χ2n) is 5.29. The van der Waals surface area contributed by atoms with Crippen LogP contribution in [0.5, 0.6) is 0 Å². The minimum absolute atomic E-state index is 0.889. The van der Waals surface area contributed by atoms with Crippen molar-refractivity contribution in [2.24, 2.45) is 18.9 Å². The highest BCUT2D eigenvalue weighted by Crippen LogP contribution is 2.27. The zero-order valence-corrected chi connectivity index (χ0v) is 10.4. The molecule has 3 heteroatoms. The largest absolute Gasteiger partial charge is 0.312 e. The lowest BCUT2D eigenvalue weighted by atomic mass is 9.82. The van der Waals surface area contributed by atoms with E-state index >= 15 is 0 Å². The summed E-state index contributed by atoms with van der Waals surface area (Å²) >= 11 is 0.